The number of hydrogen-bond donors (Lipinski definition) is 2. The maximum atomic E-state index is 12.5. The van der Waals surface area contributed by atoms with Gasteiger partial charge in [0.1, 0.15) is 0 Å². The highest BCUT2D eigenvalue weighted by Crippen LogP contribution is 2.23. The van der Waals surface area contributed by atoms with Crippen molar-refractivity contribution in [2.45, 2.75) is 38.6 Å². The van der Waals surface area contributed by atoms with E-state index < -0.39 is 0 Å². The molecule has 5 nitrogen and oxygen atoms in total. The number of likely N-dealkylation sites (tertiary alicyclic amines) is 1. The number of carbonyl (C=O) groups is 1. The number of carbonyl (C=O) groups excluding carboxylic acids is 1. The number of nitrogens with zero attached hydrogens (tertiary/aromatic N) is 1. The third-order valence-corrected chi connectivity index (χ3v) is 3.68. The summed E-state index contributed by atoms with van der Waals surface area (Å²) in [5, 5.41) is 8.90. The molecule has 19 heavy (non-hydrogen) atoms. The minimum Gasteiger partial charge on any atom is -0.396 e. The average Bonchev–Trinajstić information content (AvgIpc) is 2.83. The van der Waals surface area contributed by atoms with Gasteiger partial charge in [0.2, 0.25) is 5.56 Å². The van der Waals surface area contributed by atoms with Crippen molar-refractivity contribution in [3.05, 3.63) is 33.7 Å². The molecule has 2 heterocycles. The molecule has 2 N–H and O–H groups in total. The molecule has 1 unspecified atom stereocenters. The summed E-state index contributed by atoms with van der Waals surface area (Å²) in [4.78, 5) is 28.2. The molecule has 0 bridgehead atoms. The van der Waals surface area contributed by atoms with E-state index >= 15 is 0 Å². The van der Waals surface area contributed by atoms with Gasteiger partial charge in [0.25, 0.3) is 5.91 Å². The van der Waals surface area contributed by atoms with Crippen LogP contribution in [0.2, 0.25) is 0 Å². The fourth-order valence-corrected chi connectivity index (χ4v) is 2.69. The summed E-state index contributed by atoms with van der Waals surface area (Å²) in [7, 11) is 0. The summed E-state index contributed by atoms with van der Waals surface area (Å²) in [6.07, 6.45) is 3.56. The molecule has 0 aliphatic carbocycles. The number of aryl methyl sites for hydroxylation is 1. The van der Waals surface area contributed by atoms with E-state index in [2.05, 4.69) is 4.98 Å². The van der Waals surface area contributed by atoms with Gasteiger partial charge in [0, 0.05) is 31.0 Å². The van der Waals surface area contributed by atoms with Crippen LogP contribution < -0.4 is 5.56 Å². The average molecular weight is 264 g/mol. The van der Waals surface area contributed by atoms with Gasteiger partial charge in [-0.25, -0.2) is 0 Å². The number of amides is 1. The Morgan fingerprint density at radius 1 is 1.53 bits per heavy atom. The lowest BCUT2D eigenvalue weighted by Gasteiger charge is -2.25. The normalized spacial score (nSPS) is 18.8. The second kappa shape index (κ2) is 6.02. The van der Waals surface area contributed by atoms with E-state index in [0.29, 0.717) is 11.3 Å². The molecular formula is C14H20N2O3. The molecule has 0 radical (unpaired) electrons. The van der Waals surface area contributed by atoms with Gasteiger partial charge in [-0.05, 0) is 38.7 Å². The molecule has 0 spiro atoms. The Bertz CT molecular complexity index is 510. The molecule has 2 rings (SSSR count). The summed E-state index contributed by atoms with van der Waals surface area (Å²) in [6.45, 7) is 2.66. The molecule has 1 amide bonds. The Morgan fingerprint density at radius 3 is 3.00 bits per heavy atom. The number of nitrogens with one attached hydrogen (secondary N) is 1. The topological polar surface area (TPSA) is 73.4 Å². The maximum absolute atomic E-state index is 12.5. The first-order valence-electron chi connectivity index (χ1n) is 6.75. The van der Waals surface area contributed by atoms with Crippen molar-refractivity contribution in [2.75, 3.05) is 13.2 Å². The standard InChI is InChI=1S/C14H20N2O3/c1-10-12(6-7-13(18)15-10)14(19)16-8-2-4-11(16)5-3-9-17/h6-7,11,17H,2-5,8-9H2,1H3,(H,15,18). The van der Waals surface area contributed by atoms with Crippen molar-refractivity contribution >= 4 is 5.91 Å². The number of rotatable bonds is 4. The molecule has 1 aliphatic heterocycles. The van der Waals surface area contributed by atoms with Gasteiger partial charge in [-0.15, -0.1) is 0 Å². The second-order valence-electron chi connectivity index (χ2n) is 5.02. The van der Waals surface area contributed by atoms with Crippen LogP contribution in [0.25, 0.3) is 0 Å². The van der Waals surface area contributed by atoms with Gasteiger partial charge >= 0.3 is 0 Å². The minimum atomic E-state index is -0.188. The monoisotopic (exact) mass is 264 g/mol. The van der Waals surface area contributed by atoms with E-state index in [0.717, 1.165) is 32.2 Å². The van der Waals surface area contributed by atoms with Crippen LogP contribution in [-0.2, 0) is 0 Å². The highest BCUT2D eigenvalue weighted by atomic mass is 16.3. The van der Waals surface area contributed by atoms with Crippen LogP contribution in [0.1, 0.15) is 41.7 Å². The lowest BCUT2D eigenvalue weighted by molar-refractivity contribution is 0.0723. The van der Waals surface area contributed by atoms with E-state index in [1.165, 1.54) is 6.07 Å². The Kier molecular flexibility index (Phi) is 4.37. The highest BCUT2D eigenvalue weighted by Gasteiger charge is 2.29. The third-order valence-electron chi connectivity index (χ3n) is 3.68. The summed E-state index contributed by atoms with van der Waals surface area (Å²) in [5.41, 5.74) is 0.994. The van der Waals surface area contributed by atoms with Crippen LogP contribution in [0, 0.1) is 6.92 Å². The smallest absolute Gasteiger partial charge is 0.255 e. The number of aliphatic hydroxyl groups excluding tert-OH is 1. The molecule has 1 atom stereocenters. The molecule has 1 aromatic rings. The first-order valence-corrected chi connectivity index (χ1v) is 6.75. The third kappa shape index (κ3) is 3.04. The predicted octanol–water partition coefficient (Wildman–Crippen LogP) is 1.06. The number of aromatic nitrogens is 1. The second-order valence-corrected chi connectivity index (χ2v) is 5.02. The molecule has 5 heteroatoms. The van der Waals surface area contributed by atoms with Gasteiger partial charge in [-0.1, -0.05) is 0 Å². The SMILES string of the molecule is Cc1[nH]c(=O)ccc1C(=O)N1CCCC1CCCO. The molecule has 1 saturated heterocycles. The van der Waals surface area contributed by atoms with E-state index in [4.69, 9.17) is 5.11 Å². The van der Waals surface area contributed by atoms with Crippen LogP contribution >= 0.6 is 0 Å². The molecule has 0 saturated carbocycles. The van der Waals surface area contributed by atoms with E-state index in [9.17, 15) is 9.59 Å². The van der Waals surface area contributed by atoms with Crippen LogP contribution in [0.15, 0.2) is 16.9 Å². The lowest BCUT2D eigenvalue weighted by Crippen LogP contribution is -2.36. The number of H-pyrrole nitrogens is 1. The van der Waals surface area contributed by atoms with Crippen LogP contribution in [0.4, 0.5) is 0 Å². The summed E-state index contributed by atoms with van der Waals surface area (Å²) >= 11 is 0. The lowest BCUT2D eigenvalue weighted by atomic mass is 10.1. The fraction of sp³-hybridized carbons (Fsp3) is 0.571. The predicted molar refractivity (Wildman–Crippen MR) is 72.2 cm³/mol. The number of pyridine rings is 1. The van der Waals surface area contributed by atoms with Crippen molar-refractivity contribution in [1.82, 2.24) is 9.88 Å². The molecule has 1 aliphatic rings. The highest BCUT2D eigenvalue weighted by molar-refractivity contribution is 5.95. The summed E-state index contributed by atoms with van der Waals surface area (Å²) in [5.74, 6) is -0.0193. The minimum absolute atomic E-state index is 0.0193. The van der Waals surface area contributed by atoms with Crippen LogP contribution in [0.3, 0.4) is 0 Å². The van der Waals surface area contributed by atoms with Crippen molar-refractivity contribution in [1.29, 1.82) is 0 Å². The number of aromatic amines is 1. The first kappa shape index (κ1) is 13.8. The van der Waals surface area contributed by atoms with Crippen molar-refractivity contribution in [3.8, 4) is 0 Å². The Balaban J connectivity index is 2.16. The molecule has 1 aromatic heterocycles. The first-order chi connectivity index (χ1) is 9.13. The quantitative estimate of drug-likeness (QED) is 0.854. The number of aliphatic hydroxyl groups is 1. The van der Waals surface area contributed by atoms with Crippen molar-refractivity contribution < 1.29 is 9.90 Å². The molecular weight excluding hydrogens is 244 g/mol. The zero-order valence-corrected chi connectivity index (χ0v) is 11.2. The Hall–Kier alpha value is -1.62. The molecule has 1 fully saturated rings. The van der Waals surface area contributed by atoms with Crippen molar-refractivity contribution in [3.63, 3.8) is 0 Å². The summed E-state index contributed by atoms with van der Waals surface area (Å²) in [6, 6.07) is 3.20. The Labute approximate surface area is 112 Å². The van der Waals surface area contributed by atoms with Gasteiger partial charge in [-0.3, -0.25) is 9.59 Å². The zero-order valence-electron chi connectivity index (χ0n) is 11.2. The maximum Gasteiger partial charge on any atom is 0.255 e. The molecule has 0 aromatic carbocycles. The van der Waals surface area contributed by atoms with E-state index in [-0.39, 0.29) is 24.1 Å². The van der Waals surface area contributed by atoms with Gasteiger partial charge in [-0.2, -0.15) is 0 Å². The van der Waals surface area contributed by atoms with Gasteiger partial charge < -0.3 is 15.0 Å². The molecule has 104 valence electrons. The van der Waals surface area contributed by atoms with Gasteiger partial charge in [0.05, 0.1) is 5.56 Å². The van der Waals surface area contributed by atoms with Gasteiger partial charge in [0.15, 0.2) is 0 Å². The number of hydrogen-bond acceptors (Lipinski definition) is 3. The fourth-order valence-electron chi connectivity index (χ4n) is 2.69. The van der Waals surface area contributed by atoms with Crippen LogP contribution in [-0.4, -0.2) is 40.1 Å². The van der Waals surface area contributed by atoms with Crippen molar-refractivity contribution in [2.24, 2.45) is 0 Å². The van der Waals surface area contributed by atoms with Crippen LogP contribution in [0.5, 0.6) is 0 Å². The Morgan fingerprint density at radius 2 is 2.32 bits per heavy atom. The summed E-state index contributed by atoms with van der Waals surface area (Å²) < 4.78 is 0. The zero-order chi connectivity index (χ0) is 13.8. The largest absolute Gasteiger partial charge is 0.396 e. The van der Waals surface area contributed by atoms with E-state index in [1.54, 1.807) is 13.0 Å². The van der Waals surface area contributed by atoms with E-state index in [1.807, 2.05) is 4.90 Å².